The Morgan fingerprint density at radius 1 is 1.41 bits per heavy atom. The topological polar surface area (TPSA) is 42.7 Å². The van der Waals surface area contributed by atoms with E-state index in [9.17, 15) is 0 Å². The van der Waals surface area contributed by atoms with Crippen LogP contribution >= 0.6 is 0 Å². The number of nitrogens with one attached hydrogen (secondary N) is 1. The molecular weight excluding hydrogens is 212 g/mol. The maximum atomic E-state index is 4.62. The van der Waals surface area contributed by atoms with Crippen LogP contribution in [-0.2, 0) is 13.5 Å². The van der Waals surface area contributed by atoms with E-state index in [1.807, 2.05) is 12.3 Å². The third-order valence-corrected chi connectivity index (χ3v) is 2.91. The Kier molecular flexibility index (Phi) is 3.74. The zero-order chi connectivity index (χ0) is 12.3. The van der Waals surface area contributed by atoms with Crippen molar-refractivity contribution in [2.45, 2.75) is 32.7 Å². The summed E-state index contributed by atoms with van der Waals surface area (Å²) in [4.78, 5) is 8.76. The molecule has 0 bridgehead atoms. The number of aryl methyl sites for hydroxylation is 2. The second kappa shape index (κ2) is 5.27. The van der Waals surface area contributed by atoms with E-state index in [0.29, 0.717) is 6.04 Å². The first-order chi connectivity index (χ1) is 8.18. The van der Waals surface area contributed by atoms with Crippen LogP contribution in [-0.4, -0.2) is 27.1 Å². The van der Waals surface area contributed by atoms with Crippen LogP contribution in [0.5, 0.6) is 0 Å². The largest absolute Gasteiger partial charge is 0.330 e. The van der Waals surface area contributed by atoms with Gasteiger partial charge in [0.25, 0.3) is 0 Å². The number of hydrogen-bond acceptors (Lipinski definition) is 3. The molecule has 92 valence electrons. The lowest BCUT2D eigenvalue weighted by Crippen LogP contribution is -2.24. The van der Waals surface area contributed by atoms with Crippen molar-refractivity contribution in [2.24, 2.45) is 7.05 Å². The first-order valence-electron chi connectivity index (χ1n) is 6.17. The number of rotatable bonds is 5. The van der Waals surface area contributed by atoms with Gasteiger partial charge in [-0.05, 0) is 19.0 Å². The highest BCUT2D eigenvalue weighted by atomic mass is 15.1. The highest BCUT2D eigenvalue weighted by Gasteiger charge is 2.06. The number of nitrogens with zero attached hydrogens (tertiary/aromatic N) is 3. The summed E-state index contributed by atoms with van der Waals surface area (Å²) >= 11 is 0. The second-order valence-electron chi connectivity index (χ2n) is 4.66. The molecule has 0 unspecified atom stereocenters. The van der Waals surface area contributed by atoms with Crippen molar-refractivity contribution in [3.63, 3.8) is 0 Å². The number of aromatic nitrogens is 3. The normalized spacial score (nSPS) is 11.5. The van der Waals surface area contributed by atoms with Gasteiger partial charge in [-0.2, -0.15) is 0 Å². The monoisotopic (exact) mass is 232 g/mol. The van der Waals surface area contributed by atoms with Crippen LogP contribution in [0.25, 0.3) is 11.0 Å². The van der Waals surface area contributed by atoms with Gasteiger partial charge in [-0.25, -0.2) is 4.98 Å². The van der Waals surface area contributed by atoms with E-state index in [1.165, 1.54) is 0 Å². The SMILES string of the molecule is CC(C)NCCCc1nc2ccncc2n1C. The van der Waals surface area contributed by atoms with Gasteiger partial charge in [0.2, 0.25) is 0 Å². The van der Waals surface area contributed by atoms with Crippen molar-refractivity contribution in [1.29, 1.82) is 0 Å². The van der Waals surface area contributed by atoms with Crippen LogP contribution in [0, 0.1) is 0 Å². The van der Waals surface area contributed by atoms with Crippen LogP contribution in [0.15, 0.2) is 18.5 Å². The Labute approximate surface area is 102 Å². The molecule has 0 saturated carbocycles. The molecular formula is C13H20N4. The standard InChI is InChI=1S/C13H20N4/c1-10(2)15-7-4-5-13-16-11-6-8-14-9-12(11)17(13)3/h6,8-10,15H,4-5,7H2,1-3H3. The molecule has 0 aromatic carbocycles. The fourth-order valence-corrected chi connectivity index (χ4v) is 1.95. The Hall–Kier alpha value is -1.42. The molecule has 4 nitrogen and oxygen atoms in total. The summed E-state index contributed by atoms with van der Waals surface area (Å²) in [6, 6.07) is 2.52. The van der Waals surface area contributed by atoms with E-state index in [2.05, 4.69) is 40.7 Å². The van der Waals surface area contributed by atoms with E-state index >= 15 is 0 Å². The Morgan fingerprint density at radius 3 is 2.94 bits per heavy atom. The molecule has 4 heteroatoms. The maximum absolute atomic E-state index is 4.62. The molecule has 17 heavy (non-hydrogen) atoms. The molecule has 0 fully saturated rings. The maximum Gasteiger partial charge on any atom is 0.109 e. The average Bonchev–Trinajstić information content (AvgIpc) is 2.63. The van der Waals surface area contributed by atoms with Crippen LogP contribution < -0.4 is 5.32 Å². The first-order valence-corrected chi connectivity index (χ1v) is 6.17. The molecule has 0 atom stereocenters. The van der Waals surface area contributed by atoms with Gasteiger partial charge in [0.05, 0.1) is 17.2 Å². The zero-order valence-electron chi connectivity index (χ0n) is 10.8. The molecule has 0 saturated heterocycles. The Bertz CT molecular complexity index is 487. The molecule has 0 spiro atoms. The summed E-state index contributed by atoms with van der Waals surface area (Å²) in [6.07, 6.45) is 5.78. The summed E-state index contributed by atoms with van der Waals surface area (Å²) in [6.45, 7) is 5.38. The minimum Gasteiger partial charge on any atom is -0.330 e. The lowest BCUT2D eigenvalue weighted by atomic mass is 10.3. The number of imidazole rings is 1. The van der Waals surface area contributed by atoms with Gasteiger partial charge < -0.3 is 9.88 Å². The predicted octanol–water partition coefficient (Wildman–Crippen LogP) is 1.90. The third-order valence-electron chi connectivity index (χ3n) is 2.91. The summed E-state index contributed by atoms with van der Waals surface area (Å²) in [5.41, 5.74) is 2.15. The van der Waals surface area contributed by atoms with Gasteiger partial charge in [-0.3, -0.25) is 4.98 Å². The quantitative estimate of drug-likeness (QED) is 0.801. The van der Waals surface area contributed by atoms with E-state index in [0.717, 1.165) is 36.2 Å². The molecule has 0 aliphatic heterocycles. The van der Waals surface area contributed by atoms with Gasteiger partial charge in [0.1, 0.15) is 5.82 Å². The number of fused-ring (bicyclic) bond motifs is 1. The molecule has 0 aliphatic carbocycles. The van der Waals surface area contributed by atoms with Crippen molar-refractivity contribution >= 4 is 11.0 Å². The van der Waals surface area contributed by atoms with Gasteiger partial charge >= 0.3 is 0 Å². The van der Waals surface area contributed by atoms with Crippen molar-refractivity contribution < 1.29 is 0 Å². The fraction of sp³-hybridized carbons (Fsp3) is 0.538. The Balaban J connectivity index is 2.01. The highest BCUT2D eigenvalue weighted by Crippen LogP contribution is 2.13. The predicted molar refractivity (Wildman–Crippen MR) is 70.0 cm³/mol. The van der Waals surface area contributed by atoms with Crippen molar-refractivity contribution in [1.82, 2.24) is 19.9 Å². The van der Waals surface area contributed by atoms with E-state index in [4.69, 9.17) is 0 Å². The lowest BCUT2D eigenvalue weighted by molar-refractivity contribution is 0.563. The first kappa shape index (κ1) is 12.0. The van der Waals surface area contributed by atoms with Crippen LogP contribution in [0.2, 0.25) is 0 Å². The van der Waals surface area contributed by atoms with Crippen LogP contribution in [0.3, 0.4) is 0 Å². The van der Waals surface area contributed by atoms with Crippen molar-refractivity contribution in [3.8, 4) is 0 Å². The van der Waals surface area contributed by atoms with E-state index < -0.39 is 0 Å². The second-order valence-corrected chi connectivity index (χ2v) is 4.66. The summed E-state index contributed by atoms with van der Waals surface area (Å²) in [7, 11) is 2.06. The molecule has 1 N–H and O–H groups in total. The molecule has 2 rings (SSSR count). The van der Waals surface area contributed by atoms with Crippen LogP contribution in [0.1, 0.15) is 26.1 Å². The summed E-state index contributed by atoms with van der Waals surface area (Å²) in [5.74, 6) is 1.14. The van der Waals surface area contributed by atoms with Gasteiger partial charge in [-0.15, -0.1) is 0 Å². The van der Waals surface area contributed by atoms with E-state index in [1.54, 1.807) is 6.20 Å². The zero-order valence-corrected chi connectivity index (χ0v) is 10.8. The number of pyridine rings is 1. The molecule has 2 aromatic rings. The molecule has 0 aliphatic rings. The van der Waals surface area contributed by atoms with Gasteiger partial charge in [-0.1, -0.05) is 13.8 Å². The number of hydrogen-bond donors (Lipinski definition) is 1. The van der Waals surface area contributed by atoms with Crippen LogP contribution in [0.4, 0.5) is 0 Å². The minimum absolute atomic E-state index is 0.555. The highest BCUT2D eigenvalue weighted by molar-refractivity contribution is 5.74. The van der Waals surface area contributed by atoms with E-state index in [-0.39, 0.29) is 0 Å². The third kappa shape index (κ3) is 2.82. The van der Waals surface area contributed by atoms with Crippen molar-refractivity contribution in [2.75, 3.05) is 6.54 Å². The summed E-state index contributed by atoms with van der Waals surface area (Å²) < 4.78 is 2.14. The Morgan fingerprint density at radius 2 is 2.24 bits per heavy atom. The smallest absolute Gasteiger partial charge is 0.109 e. The van der Waals surface area contributed by atoms with Gasteiger partial charge in [0.15, 0.2) is 0 Å². The molecule has 2 heterocycles. The molecule has 0 radical (unpaired) electrons. The van der Waals surface area contributed by atoms with Crippen molar-refractivity contribution in [3.05, 3.63) is 24.3 Å². The minimum atomic E-state index is 0.555. The lowest BCUT2D eigenvalue weighted by Gasteiger charge is -2.07. The molecule has 0 amide bonds. The van der Waals surface area contributed by atoms with Gasteiger partial charge in [0, 0.05) is 25.7 Å². The summed E-state index contributed by atoms with van der Waals surface area (Å²) in [5, 5.41) is 3.42. The average molecular weight is 232 g/mol. The molecule has 2 aromatic heterocycles. The fourth-order valence-electron chi connectivity index (χ4n) is 1.95.